The zero-order valence-corrected chi connectivity index (χ0v) is 16.4. The lowest BCUT2D eigenvalue weighted by Gasteiger charge is -2.25. The zero-order valence-electron chi connectivity index (χ0n) is 15.6. The van der Waals surface area contributed by atoms with Crippen LogP contribution in [0, 0.1) is 0 Å². The number of benzene rings is 2. The Morgan fingerprint density at radius 2 is 1.96 bits per heavy atom. The van der Waals surface area contributed by atoms with Crippen LogP contribution >= 0.6 is 11.8 Å². The fraction of sp³-hybridized carbons (Fsp3) is 0.381. The van der Waals surface area contributed by atoms with E-state index in [1.54, 1.807) is 11.8 Å². The fourth-order valence-electron chi connectivity index (χ4n) is 3.04. The van der Waals surface area contributed by atoms with Gasteiger partial charge in [-0.15, -0.1) is 11.8 Å². The first-order valence-corrected chi connectivity index (χ1v) is 10.2. The third kappa shape index (κ3) is 4.15. The minimum absolute atomic E-state index is 0.0514. The Bertz CT molecular complexity index is 746. The topological polar surface area (TPSA) is 41.6 Å². The third-order valence-corrected chi connectivity index (χ3v) is 5.73. The first kappa shape index (κ1) is 18.6. The summed E-state index contributed by atoms with van der Waals surface area (Å²) >= 11 is 1.81. The van der Waals surface area contributed by atoms with Crippen LogP contribution in [0.25, 0.3) is 0 Å². The number of nitrogens with zero attached hydrogens (tertiary/aromatic N) is 1. The SMILES string of the molecule is CCOc1ccccc1NC(=O)N1CCSC1c1ccc(C(C)C)cc1. The van der Waals surface area contributed by atoms with Gasteiger partial charge in [0.2, 0.25) is 0 Å². The molecule has 2 aromatic carbocycles. The van der Waals surface area contributed by atoms with Gasteiger partial charge in [0, 0.05) is 12.3 Å². The molecule has 138 valence electrons. The van der Waals surface area contributed by atoms with Crippen molar-refractivity contribution in [3.63, 3.8) is 0 Å². The van der Waals surface area contributed by atoms with E-state index in [1.165, 1.54) is 11.1 Å². The first-order chi connectivity index (χ1) is 12.6. The van der Waals surface area contributed by atoms with Crippen molar-refractivity contribution in [2.24, 2.45) is 0 Å². The maximum absolute atomic E-state index is 12.9. The highest BCUT2D eigenvalue weighted by atomic mass is 32.2. The van der Waals surface area contributed by atoms with E-state index < -0.39 is 0 Å². The number of ether oxygens (including phenoxy) is 1. The van der Waals surface area contributed by atoms with Crippen molar-refractivity contribution in [1.82, 2.24) is 4.90 Å². The molecule has 2 aromatic rings. The van der Waals surface area contributed by atoms with Crippen LogP contribution in [0.3, 0.4) is 0 Å². The monoisotopic (exact) mass is 370 g/mol. The largest absolute Gasteiger partial charge is 0.492 e. The van der Waals surface area contributed by atoms with Crippen molar-refractivity contribution < 1.29 is 9.53 Å². The summed E-state index contributed by atoms with van der Waals surface area (Å²) in [5.41, 5.74) is 3.20. The maximum atomic E-state index is 12.9. The van der Waals surface area contributed by atoms with E-state index >= 15 is 0 Å². The van der Waals surface area contributed by atoms with Crippen LogP contribution in [0.4, 0.5) is 10.5 Å². The number of amides is 2. The molecule has 1 saturated heterocycles. The van der Waals surface area contributed by atoms with E-state index in [4.69, 9.17) is 4.74 Å². The van der Waals surface area contributed by atoms with E-state index in [2.05, 4.69) is 43.4 Å². The lowest BCUT2D eigenvalue weighted by atomic mass is 10.0. The van der Waals surface area contributed by atoms with Crippen LogP contribution in [0.1, 0.15) is 43.2 Å². The van der Waals surface area contributed by atoms with Gasteiger partial charge >= 0.3 is 6.03 Å². The predicted octanol–water partition coefficient (Wildman–Crippen LogP) is 5.49. The summed E-state index contributed by atoms with van der Waals surface area (Å²) in [5, 5.41) is 3.07. The minimum Gasteiger partial charge on any atom is -0.492 e. The molecule has 1 heterocycles. The van der Waals surface area contributed by atoms with E-state index in [0.29, 0.717) is 24.0 Å². The summed E-state index contributed by atoms with van der Waals surface area (Å²) < 4.78 is 5.61. The molecule has 0 aliphatic carbocycles. The molecule has 0 saturated carbocycles. The summed E-state index contributed by atoms with van der Waals surface area (Å²) in [6, 6.07) is 16.1. The van der Waals surface area contributed by atoms with Gasteiger partial charge in [0.05, 0.1) is 12.3 Å². The minimum atomic E-state index is -0.0833. The predicted molar refractivity (Wildman–Crippen MR) is 109 cm³/mol. The molecule has 0 bridgehead atoms. The van der Waals surface area contributed by atoms with E-state index in [-0.39, 0.29) is 11.4 Å². The van der Waals surface area contributed by atoms with Gasteiger partial charge in [-0.05, 0) is 36.1 Å². The summed E-state index contributed by atoms with van der Waals surface area (Å²) in [6.07, 6.45) is 0. The van der Waals surface area contributed by atoms with Gasteiger partial charge in [-0.25, -0.2) is 4.79 Å². The maximum Gasteiger partial charge on any atom is 0.323 e. The Balaban J connectivity index is 1.74. The molecular weight excluding hydrogens is 344 g/mol. The Morgan fingerprint density at radius 3 is 2.65 bits per heavy atom. The number of urea groups is 1. The molecule has 1 fully saturated rings. The molecule has 0 spiro atoms. The number of rotatable bonds is 5. The molecule has 2 amide bonds. The van der Waals surface area contributed by atoms with Gasteiger partial charge in [-0.1, -0.05) is 50.2 Å². The van der Waals surface area contributed by atoms with Crippen molar-refractivity contribution in [3.8, 4) is 5.75 Å². The molecule has 5 heteroatoms. The number of carbonyl (C=O) groups excluding carboxylic acids is 1. The highest BCUT2D eigenvalue weighted by Crippen LogP contribution is 2.39. The first-order valence-electron chi connectivity index (χ1n) is 9.11. The van der Waals surface area contributed by atoms with Crippen LogP contribution < -0.4 is 10.1 Å². The van der Waals surface area contributed by atoms with Crippen LogP contribution in [0.2, 0.25) is 0 Å². The van der Waals surface area contributed by atoms with Crippen LogP contribution in [-0.2, 0) is 0 Å². The highest BCUT2D eigenvalue weighted by molar-refractivity contribution is 7.99. The molecule has 4 nitrogen and oxygen atoms in total. The average Bonchev–Trinajstić information content (AvgIpc) is 3.13. The van der Waals surface area contributed by atoms with E-state index in [9.17, 15) is 4.79 Å². The Morgan fingerprint density at radius 1 is 1.23 bits per heavy atom. The van der Waals surface area contributed by atoms with Crippen molar-refractivity contribution in [3.05, 3.63) is 59.7 Å². The number of thioether (sulfide) groups is 1. The quantitative estimate of drug-likeness (QED) is 0.757. The van der Waals surface area contributed by atoms with Gasteiger partial charge in [-0.2, -0.15) is 0 Å². The summed E-state index contributed by atoms with van der Waals surface area (Å²) in [6.45, 7) is 7.62. The van der Waals surface area contributed by atoms with Gasteiger partial charge in [-0.3, -0.25) is 0 Å². The van der Waals surface area contributed by atoms with Crippen molar-refractivity contribution in [2.45, 2.75) is 32.1 Å². The third-order valence-electron chi connectivity index (χ3n) is 4.47. The van der Waals surface area contributed by atoms with E-state index in [0.717, 1.165) is 12.3 Å². The van der Waals surface area contributed by atoms with Crippen molar-refractivity contribution in [1.29, 1.82) is 0 Å². The molecule has 0 radical (unpaired) electrons. The average molecular weight is 371 g/mol. The van der Waals surface area contributed by atoms with Crippen molar-refractivity contribution in [2.75, 3.05) is 24.2 Å². The van der Waals surface area contributed by atoms with Gasteiger partial charge in [0.1, 0.15) is 11.1 Å². The number of anilines is 1. The van der Waals surface area contributed by atoms with Gasteiger partial charge < -0.3 is 15.0 Å². The smallest absolute Gasteiger partial charge is 0.323 e. The number of carbonyl (C=O) groups is 1. The second-order valence-electron chi connectivity index (χ2n) is 6.60. The summed E-state index contributed by atoms with van der Waals surface area (Å²) in [4.78, 5) is 14.8. The zero-order chi connectivity index (χ0) is 18.5. The number of hydrogen-bond acceptors (Lipinski definition) is 3. The lowest BCUT2D eigenvalue weighted by molar-refractivity contribution is 0.214. The van der Waals surface area contributed by atoms with Gasteiger partial charge in [0.25, 0.3) is 0 Å². The lowest BCUT2D eigenvalue weighted by Crippen LogP contribution is -2.34. The summed E-state index contributed by atoms with van der Waals surface area (Å²) in [5.74, 6) is 2.15. The van der Waals surface area contributed by atoms with Crippen LogP contribution in [-0.4, -0.2) is 29.8 Å². The molecule has 1 N–H and O–H groups in total. The Hall–Kier alpha value is -2.14. The number of nitrogens with one attached hydrogen (secondary N) is 1. The molecule has 1 unspecified atom stereocenters. The molecule has 26 heavy (non-hydrogen) atoms. The second kappa shape index (κ2) is 8.49. The number of hydrogen-bond donors (Lipinski definition) is 1. The van der Waals surface area contributed by atoms with Crippen molar-refractivity contribution >= 4 is 23.5 Å². The molecule has 1 aliphatic heterocycles. The van der Waals surface area contributed by atoms with Gasteiger partial charge in [0.15, 0.2) is 0 Å². The standard InChI is InChI=1S/C21H26N2O2S/c1-4-25-19-8-6-5-7-18(19)22-21(24)23-13-14-26-20(23)17-11-9-16(10-12-17)15(2)3/h5-12,15,20H,4,13-14H2,1-3H3,(H,22,24). The number of para-hydroxylation sites is 2. The van der Waals surface area contributed by atoms with Crippen LogP contribution in [0.5, 0.6) is 5.75 Å². The fourth-order valence-corrected chi connectivity index (χ4v) is 4.29. The normalized spacial score (nSPS) is 16.8. The summed E-state index contributed by atoms with van der Waals surface area (Å²) in [7, 11) is 0. The van der Waals surface area contributed by atoms with E-state index in [1.807, 2.05) is 36.1 Å². The Labute approximate surface area is 159 Å². The molecule has 3 rings (SSSR count). The Kier molecular flexibility index (Phi) is 6.09. The molecule has 1 aliphatic rings. The van der Waals surface area contributed by atoms with Crippen LogP contribution in [0.15, 0.2) is 48.5 Å². The molecular formula is C21H26N2O2S. The second-order valence-corrected chi connectivity index (χ2v) is 7.79. The molecule has 1 atom stereocenters. The molecule has 0 aromatic heterocycles. The highest BCUT2D eigenvalue weighted by Gasteiger charge is 2.31.